The number of nitrogens with zero attached hydrogens (tertiary/aromatic N) is 2. The van der Waals surface area contributed by atoms with Crippen LogP contribution in [-0.4, -0.2) is 23.2 Å². The molecule has 0 saturated carbocycles. The van der Waals surface area contributed by atoms with Gasteiger partial charge in [-0.05, 0) is 25.0 Å². The number of aromatic nitrogens is 2. The largest absolute Gasteiger partial charge is 0.375 e. The zero-order valence-electron chi connectivity index (χ0n) is 15.8. The Morgan fingerprint density at radius 1 is 0.654 bits per heavy atom. The minimum atomic E-state index is 0.548. The van der Waals surface area contributed by atoms with E-state index < -0.39 is 0 Å². The summed E-state index contributed by atoms with van der Waals surface area (Å²) >= 11 is 0. The molecule has 0 atom stereocenters. The Morgan fingerprint density at radius 2 is 1.08 bits per heavy atom. The van der Waals surface area contributed by atoms with E-state index in [1.807, 2.05) is 12.1 Å². The van der Waals surface area contributed by atoms with Gasteiger partial charge in [0.05, 0.1) is 35.6 Å². The maximum absolute atomic E-state index is 5.72. The number of rotatable bonds is 10. The van der Waals surface area contributed by atoms with Crippen molar-refractivity contribution in [3.8, 4) is 0 Å². The predicted molar refractivity (Wildman–Crippen MR) is 106 cm³/mol. The molecule has 0 fully saturated rings. The number of ether oxygens (including phenoxy) is 2. The van der Waals surface area contributed by atoms with Crippen molar-refractivity contribution in [1.82, 2.24) is 9.97 Å². The fourth-order valence-electron chi connectivity index (χ4n) is 2.86. The Bertz CT molecular complexity index is 777. The van der Waals surface area contributed by atoms with E-state index in [0.29, 0.717) is 13.2 Å². The van der Waals surface area contributed by atoms with Crippen LogP contribution in [-0.2, 0) is 22.7 Å². The van der Waals surface area contributed by atoms with Gasteiger partial charge in [-0.2, -0.15) is 0 Å². The van der Waals surface area contributed by atoms with E-state index in [0.717, 1.165) is 72.1 Å². The summed E-state index contributed by atoms with van der Waals surface area (Å²) < 4.78 is 11.4. The van der Waals surface area contributed by atoms with Gasteiger partial charge in [-0.25, -0.2) is 9.97 Å². The summed E-state index contributed by atoms with van der Waals surface area (Å²) in [6, 6.07) is 12.5. The molecule has 0 radical (unpaired) electrons. The van der Waals surface area contributed by atoms with Gasteiger partial charge in [0.15, 0.2) is 0 Å². The third-order valence-corrected chi connectivity index (χ3v) is 4.42. The minimum absolute atomic E-state index is 0.548. The van der Waals surface area contributed by atoms with Crippen LogP contribution in [0.1, 0.15) is 50.9 Å². The van der Waals surface area contributed by atoms with Crippen LogP contribution >= 0.6 is 0 Å². The fourth-order valence-corrected chi connectivity index (χ4v) is 2.86. The van der Waals surface area contributed by atoms with E-state index in [1.54, 1.807) is 0 Å². The molecule has 0 aliphatic carbocycles. The molecule has 0 unspecified atom stereocenters. The van der Waals surface area contributed by atoms with Crippen molar-refractivity contribution in [2.45, 2.75) is 52.7 Å². The summed E-state index contributed by atoms with van der Waals surface area (Å²) in [6.07, 6.45) is 4.45. The summed E-state index contributed by atoms with van der Waals surface area (Å²) in [5, 5.41) is 2.21. The van der Waals surface area contributed by atoms with Crippen molar-refractivity contribution >= 4 is 21.8 Å². The molecule has 0 bridgehead atoms. The lowest BCUT2D eigenvalue weighted by Crippen LogP contribution is -2.00. The van der Waals surface area contributed by atoms with Crippen LogP contribution in [0.2, 0.25) is 0 Å². The summed E-state index contributed by atoms with van der Waals surface area (Å²) in [7, 11) is 0. The molecule has 0 aliphatic rings. The molecule has 2 heterocycles. The second-order valence-corrected chi connectivity index (χ2v) is 6.63. The van der Waals surface area contributed by atoms with E-state index in [-0.39, 0.29) is 0 Å². The lowest BCUT2D eigenvalue weighted by molar-refractivity contribution is 0.115. The molecule has 26 heavy (non-hydrogen) atoms. The van der Waals surface area contributed by atoms with Crippen LogP contribution < -0.4 is 0 Å². The smallest absolute Gasteiger partial charge is 0.0969 e. The van der Waals surface area contributed by atoms with Crippen LogP contribution in [0.25, 0.3) is 21.8 Å². The summed E-state index contributed by atoms with van der Waals surface area (Å²) in [5.74, 6) is 0. The normalized spacial score (nSPS) is 11.5. The van der Waals surface area contributed by atoms with Crippen LogP contribution in [0.5, 0.6) is 0 Å². The zero-order valence-corrected chi connectivity index (χ0v) is 15.8. The highest BCUT2D eigenvalue weighted by Crippen LogP contribution is 2.23. The average Bonchev–Trinajstić information content (AvgIpc) is 2.68. The van der Waals surface area contributed by atoms with Gasteiger partial charge in [0.25, 0.3) is 0 Å². The third kappa shape index (κ3) is 4.77. The highest BCUT2D eigenvalue weighted by molar-refractivity contribution is 6.02. The van der Waals surface area contributed by atoms with Gasteiger partial charge in [-0.1, -0.05) is 51.0 Å². The SMILES string of the molecule is CCCCOCc1ccc2ccc3ccc(COCCCC)nc3c2n1. The molecular formula is C22H28N2O2. The molecular weight excluding hydrogens is 324 g/mol. The highest BCUT2D eigenvalue weighted by atomic mass is 16.5. The van der Waals surface area contributed by atoms with E-state index in [4.69, 9.17) is 19.4 Å². The molecule has 0 amide bonds. The van der Waals surface area contributed by atoms with Crippen molar-refractivity contribution in [2.75, 3.05) is 13.2 Å². The molecule has 1 aromatic carbocycles. The summed E-state index contributed by atoms with van der Waals surface area (Å²) in [6.45, 7) is 6.99. The molecule has 0 N–H and O–H groups in total. The number of fused-ring (bicyclic) bond motifs is 3. The lowest BCUT2D eigenvalue weighted by Gasteiger charge is -2.08. The molecule has 2 aromatic heterocycles. The maximum Gasteiger partial charge on any atom is 0.0969 e. The van der Waals surface area contributed by atoms with E-state index in [2.05, 4.69) is 38.1 Å². The van der Waals surface area contributed by atoms with Crippen molar-refractivity contribution in [3.05, 3.63) is 47.8 Å². The summed E-state index contributed by atoms with van der Waals surface area (Å²) in [4.78, 5) is 9.65. The van der Waals surface area contributed by atoms with Crippen LogP contribution in [0.15, 0.2) is 36.4 Å². The highest BCUT2D eigenvalue weighted by Gasteiger charge is 2.07. The van der Waals surface area contributed by atoms with E-state index >= 15 is 0 Å². The van der Waals surface area contributed by atoms with Crippen LogP contribution in [0, 0.1) is 0 Å². The zero-order chi connectivity index (χ0) is 18.2. The number of unbranched alkanes of at least 4 members (excludes halogenated alkanes) is 2. The topological polar surface area (TPSA) is 44.2 Å². The molecule has 138 valence electrons. The van der Waals surface area contributed by atoms with Gasteiger partial charge < -0.3 is 9.47 Å². The van der Waals surface area contributed by atoms with Crippen LogP contribution in [0.4, 0.5) is 0 Å². The Labute approximate surface area is 155 Å². The molecule has 0 aliphatic heterocycles. The number of pyridine rings is 2. The van der Waals surface area contributed by atoms with Gasteiger partial charge in [0.2, 0.25) is 0 Å². The van der Waals surface area contributed by atoms with Gasteiger partial charge >= 0.3 is 0 Å². The Hall–Kier alpha value is -2.04. The number of benzene rings is 1. The first-order valence-electron chi connectivity index (χ1n) is 9.65. The van der Waals surface area contributed by atoms with Gasteiger partial charge in [0, 0.05) is 24.0 Å². The molecule has 3 aromatic rings. The van der Waals surface area contributed by atoms with Crippen molar-refractivity contribution < 1.29 is 9.47 Å². The average molecular weight is 352 g/mol. The van der Waals surface area contributed by atoms with Crippen molar-refractivity contribution in [2.24, 2.45) is 0 Å². The molecule has 0 spiro atoms. The standard InChI is InChI=1S/C22H28N2O2/c1-3-5-13-25-15-19-11-9-17-7-8-18-10-12-20(16-26-14-6-4-2)24-22(18)21(17)23-19/h7-12H,3-6,13-16H2,1-2H3. The first-order chi connectivity index (χ1) is 12.8. The van der Waals surface area contributed by atoms with Crippen molar-refractivity contribution in [1.29, 1.82) is 0 Å². The van der Waals surface area contributed by atoms with E-state index in [1.165, 1.54) is 0 Å². The Morgan fingerprint density at radius 3 is 1.50 bits per heavy atom. The monoisotopic (exact) mass is 352 g/mol. The lowest BCUT2D eigenvalue weighted by atomic mass is 10.1. The second-order valence-electron chi connectivity index (χ2n) is 6.63. The van der Waals surface area contributed by atoms with Crippen molar-refractivity contribution in [3.63, 3.8) is 0 Å². The third-order valence-electron chi connectivity index (χ3n) is 4.42. The summed E-state index contributed by atoms with van der Waals surface area (Å²) in [5.41, 5.74) is 3.78. The molecule has 3 rings (SSSR count). The fraction of sp³-hybridized carbons (Fsp3) is 0.455. The molecule has 4 nitrogen and oxygen atoms in total. The Balaban J connectivity index is 1.84. The maximum atomic E-state index is 5.72. The minimum Gasteiger partial charge on any atom is -0.375 e. The molecule has 4 heteroatoms. The first-order valence-corrected chi connectivity index (χ1v) is 9.65. The predicted octanol–water partition coefficient (Wildman–Crippen LogP) is 5.42. The van der Waals surface area contributed by atoms with Gasteiger partial charge in [-0.3, -0.25) is 0 Å². The second kappa shape index (κ2) is 9.60. The van der Waals surface area contributed by atoms with Gasteiger partial charge in [0.1, 0.15) is 0 Å². The van der Waals surface area contributed by atoms with E-state index in [9.17, 15) is 0 Å². The quantitative estimate of drug-likeness (QED) is 0.361. The first kappa shape index (κ1) is 18.7. The molecule has 0 saturated heterocycles. The Kier molecular flexibility index (Phi) is 6.92. The number of hydrogen-bond donors (Lipinski definition) is 0. The van der Waals surface area contributed by atoms with Gasteiger partial charge in [-0.15, -0.1) is 0 Å². The van der Waals surface area contributed by atoms with Crippen LogP contribution in [0.3, 0.4) is 0 Å². The number of hydrogen-bond acceptors (Lipinski definition) is 4.